The summed E-state index contributed by atoms with van der Waals surface area (Å²) in [4.78, 5) is 22.0. The van der Waals surface area contributed by atoms with E-state index in [-0.39, 0.29) is 12.6 Å². The summed E-state index contributed by atoms with van der Waals surface area (Å²) in [6.07, 6.45) is 0.125. The first-order chi connectivity index (χ1) is 7.47. The quantitative estimate of drug-likeness (QED) is 0.793. The number of imidazole rings is 1. The number of nitrogens with zero attached hydrogens (tertiary/aromatic N) is 2. The van der Waals surface area contributed by atoms with Crippen LogP contribution in [0.25, 0.3) is 11.0 Å². The third-order valence-electron chi connectivity index (χ3n) is 2.51. The van der Waals surface area contributed by atoms with Crippen molar-refractivity contribution in [2.75, 3.05) is 6.16 Å². The minimum atomic E-state index is -3.95. The monoisotopic (exact) mass is 240 g/mol. The fourth-order valence-electron chi connectivity index (χ4n) is 1.66. The Hall–Kier alpha value is -1.16. The standard InChI is InChI=1S/C10H13N2O3P/c1-12-9-5-3-2-4-8(9)11-10(12)6-7-16(13,14)15/h2-5H,6-7H2,1H3,(H2,13,14,15). The van der Waals surface area contributed by atoms with Gasteiger partial charge < -0.3 is 14.4 Å². The second-order valence-corrected chi connectivity index (χ2v) is 5.49. The summed E-state index contributed by atoms with van der Waals surface area (Å²) >= 11 is 0. The van der Waals surface area contributed by atoms with Gasteiger partial charge in [-0.2, -0.15) is 0 Å². The Morgan fingerprint density at radius 2 is 2.06 bits per heavy atom. The molecule has 0 fully saturated rings. The highest BCUT2D eigenvalue weighted by molar-refractivity contribution is 7.51. The predicted molar refractivity (Wildman–Crippen MR) is 61.3 cm³/mol. The summed E-state index contributed by atoms with van der Waals surface area (Å²) < 4.78 is 12.7. The largest absolute Gasteiger partial charge is 0.331 e. The van der Waals surface area contributed by atoms with Crippen molar-refractivity contribution < 1.29 is 14.4 Å². The molecule has 2 rings (SSSR count). The summed E-state index contributed by atoms with van der Waals surface area (Å²) in [5, 5.41) is 0. The number of fused-ring (bicyclic) bond motifs is 1. The van der Waals surface area contributed by atoms with Crippen molar-refractivity contribution in [3.05, 3.63) is 30.1 Å². The average molecular weight is 240 g/mol. The molecule has 1 aromatic carbocycles. The van der Waals surface area contributed by atoms with Gasteiger partial charge in [-0.25, -0.2) is 4.98 Å². The van der Waals surface area contributed by atoms with Crippen molar-refractivity contribution in [2.24, 2.45) is 7.05 Å². The number of hydrogen-bond acceptors (Lipinski definition) is 2. The summed E-state index contributed by atoms with van der Waals surface area (Å²) in [7, 11) is -2.10. The van der Waals surface area contributed by atoms with Gasteiger partial charge in [-0.3, -0.25) is 4.57 Å². The molecule has 0 aliphatic rings. The van der Waals surface area contributed by atoms with Gasteiger partial charge in [0.15, 0.2) is 0 Å². The summed E-state index contributed by atoms with van der Waals surface area (Å²) in [5.41, 5.74) is 1.83. The van der Waals surface area contributed by atoms with Crippen molar-refractivity contribution in [2.45, 2.75) is 6.42 Å². The van der Waals surface area contributed by atoms with Crippen molar-refractivity contribution in [3.63, 3.8) is 0 Å². The van der Waals surface area contributed by atoms with E-state index in [2.05, 4.69) is 4.98 Å². The molecule has 0 saturated heterocycles. The van der Waals surface area contributed by atoms with Crippen LogP contribution in [-0.4, -0.2) is 25.5 Å². The number of rotatable bonds is 3. The second-order valence-electron chi connectivity index (χ2n) is 3.71. The molecule has 0 unspecified atom stereocenters. The van der Waals surface area contributed by atoms with Gasteiger partial charge in [-0.1, -0.05) is 12.1 Å². The van der Waals surface area contributed by atoms with Crippen molar-refractivity contribution in [3.8, 4) is 0 Å². The number of para-hydroxylation sites is 2. The Balaban J connectivity index is 2.32. The Kier molecular flexibility index (Phi) is 2.84. The van der Waals surface area contributed by atoms with E-state index in [9.17, 15) is 4.57 Å². The maximum absolute atomic E-state index is 10.8. The highest BCUT2D eigenvalue weighted by Gasteiger charge is 2.15. The second kappa shape index (κ2) is 4.01. The zero-order chi connectivity index (χ0) is 11.8. The first kappa shape index (κ1) is 11.3. The van der Waals surface area contributed by atoms with Gasteiger partial charge in [0.1, 0.15) is 5.82 Å². The van der Waals surface area contributed by atoms with Crippen LogP contribution in [0, 0.1) is 0 Å². The van der Waals surface area contributed by atoms with Gasteiger partial charge in [0.2, 0.25) is 0 Å². The van der Waals surface area contributed by atoms with Gasteiger partial charge in [-0.15, -0.1) is 0 Å². The van der Waals surface area contributed by atoms with Crippen LogP contribution in [0.4, 0.5) is 0 Å². The summed E-state index contributed by atoms with van der Waals surface area (Å²) in [6.45, 7) is 0. The zero-order valence-corrected chi connectivity index (χ0v) is 9.76. The Bertz CT molecular complexity index is 558. The number of benzene rings is 1. The third kappa shape index (κ3) is 2.32. The molecule has 0 aliphatic carbocycles. The van der Waals surface area contributed by atoms with Crippen LogP contribution < -0.4 is 0 Å². The SMILES string of the molecule is Cn1c(CCP(=O)(O)O)nc2ccccc21. The molecule has 0 radical (unpaired) electrons. The Labute approximate surface area is 92.9 Å². The lowest BCUT2D eigenvalue weighted by Crippen LogP contribution is -2.01. The summed E-state index contributed by atoms with van der Waals surface area (Å²) in [5.74, 6) is 0.699. The van der Waals surface area contributed by atoms with E-state index >= 15 is 0 Å². The van der Waals surface area contributed by atoms with Gasteiger partial charge in [0.25, 0.3) is 0 Å². The van der Waals surface area contributed by atoms with Crippen molar-refractivity contribution >= 4 is 18.6 Å². The van der Waals surface area contributed by atoms with Crippen molar-refractivity contribution in [1.29, 1.82) is 0 Å². The molecular formula is C10H13N2O3P. The zero-order valence-electron chi connectivity index (χ0n) is 8.87. The molecule has 0 saturated carbocycles. The molecule has 86 valence electrons. The molecule has 0 bridgehead atoms. The molecule has 0 spiro atoms. The van der Waals surface area contributed by atoms with Gasteiger partial charge in [0, 0.05) is 13.5 Å². The van der Waals surface area contributed by atoms with Crippen molar-refractivity contribution in [1.82, 2.24) is 9.55 Å². The molecule has 6 heteroatoms. The number of aryl methyl sites for hydroxylation is 2. The first-order valence-corrected chi connectivity index (χ1v) is 6.72. The molecule has 1 heterocycles. The molecule has 1 aromatic heterocycles. The third-order valence-corrected chi connectivity index (χ3v) is 3.31. The molecule has 0 aliphatic heterocycles. The molecule has 16 heavy (non-hydrogen) atoms. The molecule has 0 amide bonds. The minimum absolute atomic E-state index is 0.163. The summed E-state index contributed by atoms with van der Waals surface area (Å²) in [6, 6.07) is 7.62. The van der Waals surface area contributed by atoms with Crippen LogP contribution in [0.15, 0.2) is 24.3 Å². The van der Waals surface area contributed by atoms with Crippen LogP contribution in [0.5, 0.6) is 0 Å². The fourth-order valence-corrected chi connectivity index (χ4v) is 2.16. The lowest BCUT2D eigenvalue weighted by molar-refractivity contribution is 0.372. The lowest BCUT2D eigenvalue weighted by Gasteiger charge is -2.03. The van der Waals surface area contributed by atoms with Crippen LogP contribution in [0.2, 0.25) is 0 Å². The van der Waals surface area contributed by atoms with Crippen LogP contribution >= 0.6 is 7.60 Å². The molecule has 0 atom stereocenters. The van der Waals surface area contributed by atoms with E-state index in [1.165, 1.54) is 0 Å². The number of hydrogen-bond donors (Lipinski definition) is 2. The van der Waals surface area contributed by atoms with Crippen LogP contribution in [0.3, 0.4) is 0 Å². The predicted octanol–water partition coefficient (Wildman–Crippen LogP) is 1.29. The smallest absolute Gasteiger partial charge is 0.326 e. The van der Waals surface area contributed by atoms with E-state index in [1.807, 2.05) is 35.9 Å². The van der Waals surface area contributed by atoms with E-state index in [4.69, 9.17) is 9.79 Å². The molecule has 5 nitrogen and oxygen atoms in total. The molecule has 2 N–H and O–H groups in total. The number of aromatic nitrogens is 2. The average Bonchev–Trinajstić information content (AvgIpc) is 2.53. The van der Waals surface area contributed by atoms with E-state index in [0.29, 0.717) is 5.82 Å². The highest BCUT2D eigenvalue weighted by atomic mass is 31.2. The van der Waals surface area contributed by atoms with Gasteiger partial charge >= 0.3 is 7.60 Å². The highest BCUT2D eigenvalue weighted by Crippen LogP contribution is 2.34. The van der Waals surface area contributed by atoms with Crippen LogP contribution in [-0.2, 0) is 18.0 Å². The van der Waals surface area contributed by atoms with Gasteiger partial charge in [-0.05, 0) is 12.1 Å². The maximum Gasteiger partial charge on any atom is 0.326 e. The normalized spacial score (nSPS) is 12.2. The fraction of sp³-hybridized carbons (Fsp3) is 0.300. The molecular weight excluding hydrogens is 227 g/mol. The Morgan fingerprint density at radius 1 is 1.38 bits per heavy atom. The van der Waals surface area contributed by atoms with E-state index < -0.39 is 7.60 Å². The van der Waals surface area contributed by atoms with E-state index in [1.54, 1.807) is 0 Å². The lowest BCUT2D eigenvalue weighted by atomic mass is 10.3. The minimum Gasteiger partial charge on any atom is -0.331 e. The Morgan fingerprint density at radius 3 is 2.69 bits per heavy atom. The van der Waals surface area contributed by atoms with E-state index in [0.717, 1.165) is 11.0 Å². The first-order valence-electron chi connectivity index (χ1n) is 4.92. The topological polar surface area (TPSA) is 75.4 Å². The molecule has 2 aromatic rings. The maximum atomic E-state index is 10.8. The van der Waals surface area contributed by atoms with Crippen LogP contribution in [0.1, 0.15) is 5.82 Å². The van der Waals surface area contributed by atoms with Gasteiger partial charge in [0.05, 0.1) is 17.2 Å².